The zero-order valence-electron chi connectivity index (χ0n) is 12.1. The highest BCUT2D eigenvalue weighted by atomic mass is 16.4. The third-order valence-corrected chi connectivity index (χ3v) is 3.16. The van der Waals surface area contributed by atoms with Gasteiger partial charge in [0.15, 0.2) is 0 Å². The molecular formula is C16H18N2O3. The number of pyridine rings is 1. The molecule has 0 spiro atoms. The molecule has 0 atom stereocenters. The number of carbonyl (C=O) groups excluding carboxylic acids is 1. The lowest BCUT2D eigenvalue weighted by Gasteiger charge is -2.21. The van der Waals surface area contributed by atoms with E-state index in [0.29, 0.717) is 5.69 Å². The first kappa shape index (κ1) is 15.0. The monoisotopic (exact) mass is 286 g/mol. The summed E-state index contributed by atoms with van der Waals surface area (Å²) in [6.45, 7) is 3.54. The fraction of sp³-hybridized carbons (Fsp3) is 0.312. The van der Waals surface area contributed by atoms with Crippen molar-refractivity contribution < 1.29 is 14.7 Å². The molecule has 0 unspecified atom stereocenters. The van der Waals surface area contributed by atoms with Gasteiger partial charge in [0.25, 0.3) is 0 Å². The van der Waals surface area contributed by atoms with Crippen LogP contribution < -0.4 is 5.32 Å². The van der Waals surface area contributed by atoms with Gasteiger partial charge in [-0.3, -0.25) is 14.6 Å². The largest absolute Gasteiger partial charge is 0.481 e. The molecule has 0 fully saturated rings. The van der Waals surface area contributed by atoms with Crippen LogP contribution in [0.3, 0.4) is 0 Å². The number of carbonyl (C=O) groups is 2. The van der Waals surface area contributed by atoms with Crippen LogP contribution in [0.1, 0.15) is 26.7 Å². The summed E-state index contributed by atoms with van der Waals surface area (Å²) in [5, 5.41) is 12.6. The first-order chi connectivity index (χ1) is 9.85. The van der Waals surface area contributed by atoms with Gasteiger partial charge in [0.2, 0.25) is 5.91 Å². The molecule has 2 aromatic rings. The molecule has 21 heavy (non-hydrogen) atoms. The Labute approximate surface area is 123 Å². The Hall–Kier alpha value is -2.43. The number of hydrogen-bond donors (Lipinski definition) is 2. The van der Waals surface area contributed by atoms with Crippen LogP contribution in [0.5, 0.6) is 0 Å². The van der Waals surface area contributed by atoms with E-state index in [0.717, 1.165) is 10.9 Å². The second-order valence-electron chi connectivity index (χ2n) is 5.87. The molecule has 2 rings (SSSR count). The lowest BCUT2D eigenvalue weighted by Crippen LogP contribution is -2.24. The SMILES string of the molecule is CC(C)(CC(=O)O)CC(=O)Nc1ccc2ncccc2c1. The lowest BCUT2D eigenvalue weighted by molar-refractivity contribution is -0.139. The Morgan fingerprint density at radius 2 is 2.00 bits per heavy atom. The maximum atomic E-state index is 12.0. The van der Waals surface area contributed by atoms with Gasteiger partial charge in [0.1, 0.15) is 0 Å². The first-order valence-corrected chi connectivity index (χ1v) is 6.72. The molecule has 5 nitrogen and oxygen atoms in total. The molecule has 1 heterocycles. The van der Waals surface area contributed by atoms with Crippen molar-refractivity contribution >= 4 is 28.5 Å². The van der Waals surface area contributed by atoms with Gasteiger partial charge < -0.3 is 10.4 Å². The maximum absolute atomic E-state index is 12.0. The van der Waals surface area contributed by atoms with Gasteiger partial charge >= 0.3 is 5.97 Å². The molecule has 1 aromatic heterocycles. The molecular weight excluding hydrogens is 268 g/mol. The highest BCUT2D eigenvalue weighted by Gasteiger charge is 2.25. The number of aliphatic carboxylic acids is 1. The van der Waals surface area contributed by atoms with E-state index in [4.69, 9.17) is 5.11 Å². The lowest BCUT2D eigenvalue weighted by atomic mass is 9.85. The minimum Gasteiger partial charge on any atom is -0.481 e. The van der Waals surface area contributed by atoms with Gasteiger partial charge in [-0.15, -0.1) is 0 Å². The molecule has 0 saturated carbocycles. The van der Waals surface area contributed by atoms with Crippen molar-refractivity contribution in [2.45, 2.75) is 26.7 Å². The predicted octanol–water partition coefficient (Wildman–Crippen LogP) is 3.06. The second kappa shape index (κ2) is 5.91. The summed E-state index contributed by atoms with van der Waals surface area (Å²) in [7, 11) is 0. The molecule has 5 heteroatoms. The summed E-state index contributed by atoms with van der Waals surface area (Å²) in [5.41, 5.74) is 0.974. The van der Waals surface area contributed by atoms with Crippen LogP contribution in [0.15, 0.2) is 36.5 Å². The number of nitrogens with one attached hydrogen (secondary N) is 1. The molecule has 2 N–H and O–H groups in total. The highest BCUT2D eigenvalue weighted by molar-refractivity contribution is 5.94. The van der Waals surface area contributed by atoms with Crippen LogP contribution in [-0.4, -0.2) is 22.0 Å². The number of fused-ring (bicyclic) bond motifs is 1. The van der Waals surface area contributed by atoms with Crippen LogP contribution in [0.2, 0.25) is 0 Å². The van der Waals surface area contributed by atoms with Gasteiger partial charge in [-0.1, -0.05) is 19.9 Å². The van der Waals surface area contributed by atoms with Gasteiger partial charge in [0.05, 0.1) is 11.9 Å². The Morgan fingerprint density at radius 1 is 1.24 bits per heavy atom. The molecule has 0 aliphatic rings. The van der Waals surface area contributed by atoms with E-state index in [1.165, 1.54) is 0 Å². The molecule has 1 amide bonds. The number of amides is 1. The van der Waals surface area contributed by atoms with Gasteiger partial charge in [-0.25, -0.2) is 0 Å². The van der Waals surface area contributed by atoms with Gasteiger partial charge in [-0.05, 0) is 29.7 Å². The molecule has 110 valence electrons. The topological polar surface area (TPSA) is 79.3 Å². The van der Waals surface area contributed by atoms with Crippen molar-refractivity contribution in [2.75, 3.05) is 5.32 Å². The minimum absolute atomic E-state index is 0.0396. The minimum atomic E-state index is -0.899. The molecule has 1 aromatic carbocycles. The standard InChI is InChI=1S/C16H18N2O3/c1-16(2,10-15(20)21)9-14(19)18-12-5-6-13-11(8-12)4-3-7-17-13/h3-8H,9-10H2,1-2H3,(H,18,19)(H,20,21). The normalized spacial score (nSPS) is 11.3. The van der Waals surface area contributed by atoms with E-state index in [2.05, 4.69) is 10.3 Å². The van der Waals surface area contributed by atoms with Crippen molar-refractivity contribution in [1.29, 1.82) is 0 Å². The fourth-order valence-electron chi connectivity index (χ4n) is 2.27. The summed E-state index contributed by atoms with van der Waals surface area (Å²) in [5.74, 6) is -1.09. The number of nitrogens with zero attached hydrogens (tertiary/aromatic N) is 1. The predicted molar refractivity (Wildman–Crippen MR) is 81.0 cm³/mol. The Bertz CT molecular complexity index is 680. The summed E-state index contributed by atoms with van der Waals surface area (Å²) in [6.07, 6.45) is 1.83. The maximum Gasteiger partial charge on any atom is 0.303 e. The molecule has 0 bridgehead atoms. The zero-order chi connectivity index (χ0) is 15.5. The van der Waals surface area contributed by atoms with Crippen LogP contribution >= 0.6 is 0 Å². The Kier molecular flexibility index (Phi) is 4.21. The third-order valence-electron chi connectivity index (χ3n) is 3.16. The number of rotatable bonds is 5. The van der Waals surface area contributed by atoms with Crippen molar-refractivity contribution in [3.05, 3.63) is 36.5 Å². The van der Waals surface area contributed by atoms with Crippen LogP contribution in [0.25, 0.3) is 10.9 Å². The zero-order valence-corrected chi connectivity index (χ0v) is 12.1. The van der Waals surface area contributed by atoms with Crippen molar-refractivity contribution in [2.24, 2.45) is 5.41 Å². The number of anilines is 1. The van der Waals surface area contributed by atoms with Gasteiger partial charge in [0, 0.05) is 23.7 Å². The van der Waals surface area contributed by atoms with Crippen molar-refractivity contribution in [3.63, 3.8) is 0 Å². The quantitative estimate of drug-likeness (QED) is 0.885. The van der Waals surface area contributed by atoms with E-state index < -0.39 is 11.4 Å². The highest BCUT2D eigenvalue weighted by Crippen LogP contribution is 2.26. The average Bonchev–Trinajstić information content (AvgIpc) is 2.36. The van der Waals surface area contributed by atoms with E-state index in [1.807, 2.05) is 24.3 Å². The van der Waals surface area contributed by atoms with Crippen molar-refractivity contribution in [3.8, 4) is 0 Å². The summed E-state index contributed by atoms with van der Waals surface area (Å²) >= 11 is 0. The van der Waals surface area contributed by atoms with Crippen LogP contribution in [0, 0.1) is 5.41 Å². The van der Waals surface area contributed by atoms with Gasteiger partial charge in [-0.2, -0.15) is 0 Å². The van der Waals surface area contributed by atoms with E-state index >= 15 is 0 Å². The second-order valence-corrected chi connectivity index (χ2v) is 5.87. The number of aromatic nitrogens is 1. The van der Waals surface area contributed by atoms with E-state index in [9.17, 15) is 9.59 Å². The molecule has 0 aliphatic heterocycles. The van der Waals surface area contributed by atoms with E-state index in [1.54, 1.807) is 26.1 Å². The number of carboxylic acids is 1. The van der Waals surface area contributed by atoms with Crippen molar-refractivity contribution in [1.82, 2.24) is 4.98 Å². The van der Waals surface area contributed by atoms with Crippen LogP contribution in [-0.2, 0) is 9.59 Å². The summed E-state index contributed by atoms with van der Waals surface area (Å²) < 4.78 is 0. The average molecular weight is 286 g/mol. The van der Waals surface area contributed by atoms with Crippen LogP contribution in [0.4, 0.5) is 5.69 Å². The fourth-order valence-corrected chi connectivity index (χ4v) is 2.27. The first-order valence-electron chi connectivity index (χ1n) is 6.72. The molecule has 0 saturated heterocycles. The molecule has 0 aliphatic carbocycles. The number of benzene rings is 1. The number of hydrogen-bond acceptors (Lipinski definition) is 3. The Morgan fingerprint density at radius 3 is 2.71 bits per heavy atom. The summed E-state index contributed by atoms with van der Waals surface area (Å²) in [6, 6.07) is 9.24. The third kappa shape index (κ3) is 4.27. The smallest absolute Gasteiger partial charge is 0.303 e. The Balaban J connectivity index is 2.06. The van der Waals surface area contributed by atoms with E-state index in [-0.39, 0.29) is 18.7 Å². The molecule has 0 radical (unpaired) electrons. The number of carboxylic acid groups (broad SMARTS) is 1. The summed E-state index contributed by atoms with van der Waals surface area (Å²) in [4.78, 5) is 27.0.